The van der Waals surface area contributed by atoms with Crippen molar-refractivity contribution in [2.75, 3.05) is 40.3 Å². The number of aromatic amines is 1. The van der Waals surface area contributed by atoms with Gasteiger partial charge in [0.25, 0.3) is 15.9 Å². The van der Waals surface area contributed by atoms with Crippen LogP contribution >= 0.6 is 35.3 Å². The topological polar surface area (TPSA) is 119 Å². The second-order valence-corrected chi connectivity index (χ2v) is 12.6. The number of hydrogen-bond donors (Lipinski definition) is 2. The number of sulfonamides is 1. The maximum Gasteiger partial charge on any atom is 0.283 e. The highest BCUT2D eigenvalue weighted by Crippen LogP contribution is 2.29. The fraction of sp³-hybridized carbons (Fsp3) is 0.435. The molecule has 1 atom stereocenters. The predicted molar refractivity (Wildman–Crippen MR) is 145 cm³/mol. The molecule has 14 heteroatoms. The maximum absolute atomic E-state index is 13.5. The first-order valence-electron chi connectivity index (χ1n) is 11.6. The van der Waals surface area contributed by atoms with Crippen LogP contribution in [0.3, 0.4) is 0 Å². The summed E-state index contributed by atoms with van der Waals surface area (Å²) in [6.07, 6.45) is 0.781. The van der Waals surface area contributed by atoms with E-state index in [-0.39, 0.29) is 55.3 Å². The van der Waals surface area contributed by atoms with Crippen LogP contribution in [0, 0.1) is 0 Å². The smallest absolute Gasteiger partial charge is 0.283 e. The summed E-state index contributed by atoms with van der Waals surface area (Å²) in [5.41, 5.74) is 1.61. The molecule has 2 N–H and O–H groups in total. The van der Waals surface area contributed by atoms with Crippen LogP contribution in [0.5, 0.6) is 0 Å². The number of hydrogen-bond acceptors (Lipinski definition) is 7. The van der Waals surface area contributed by atoms with Gasteiger partial charge in [-0.25, -0.2) is 13.4 Å². The van der Waals surface area contributed by atoms with Crippen molar-refractivity contribution in [3.05, 3.63) is 44.9 Å². The second kappa shape index (κ2) is 10.9. The molecule has 1 saturated heterocycles. The first-order valence-corrected chi connectivity index (χ1v) is 14.3. The molecule has 0 radical (unpaired) electrons. The summed E-state index contributed by atoms with van der Waals surface area (Å²) in [6.45, 7) is 1.92. The van der Waals surface area contributed by atoms with Gasteiger partial charge in [-0.3, -0.25) is 9.59 Å². The summed E-state index contributed by atoms with van der Waals surface area (Å²) in [5, 5.41) is 4.23. The van der Waals surface area contributed by atoms with Crippen molar-refractivity contribution >= 4 is 68.1 Å². The number of halogens is 2. The third-order valence-electron chi connectivity index (χ3n) is 6.69. The molecule has 2 aliphatic rings. The molecular formula is C23H28Cl2N6O4S2. The minimum absolute atomic E-state index is 0. The summed E-state index contributed by atoms with van der Waals surface area (Å²) in [4.78, 5) is 38.2. The molecule has 2 aliphatic heterocycles. The first-order chi connectivity index (χ1) is 17.2. The van der Waals surface area contributed by atoms with Crippen LogP contribution in [0.1, 0.15) is 26.8 Å². The van der Waals surface area contributed by atoms with Crippen molar-refractivity contribution in [3.63, 3.8) is 0 Å². The van der Waals surface area contributed by atoms with Crippen molar-refractivity contribution in [1.82, 2.24) is 29.4 Å². The molecule has 10 nitrogen and oxygen atoms in total. The number of nitrogens with one attached hydrogen (secondary N) is 2. The Morgan fingerprint density at radius 3 is 2.78 bits per heavy atom. The van der Waals surface area contributed by atoms with Gasteiger partial charge >= 0.3 is 0 Å². The molecule has 2 aromatic heterocycles. The van der Waals surface area contributed by atoms with Crippen molar-refractivity contribution < 1.29 is 18.0 Å². The number of rotatable bonds is 5. The van der Waals surface area contributed by atoms with E-state index in [0.29, 0.717) is 20.9 Å². The number of carbonyl (C=O) groups excluding carboxylic acids is 2. The number of aromatic nitrogens is 2. The second-order valence-electron chi connectivity index (χ2n) is 9.13. The molecule has 0 saturated carbocycles. The lowest BCUT2D eigenvalue weighted by Gasteiger charge is -2.40. The van der Waals surface area contributed by atoms with Crippen molar-refractivity contribution in [2.45, 2.75) is 30.5 Å². The van der Waals surface area contributed by atoms with Gasteiger partial charge in [0, 0.05) is 73.4 Å². The lowest BCUT2D eigenvalue weighted by atomic mass is 10.1. The van der Waals surface area contributed by atoms with Gasteiger partial charge in [-0.05, 0) is 31.3 Å². The number of amides is 2. The molecule has 1 unspecified atom stereocenters. The summed E-state index contributed by atoms with van der Waals surface area (Å²) >= 11 is 7.44. The average Bonchev–Trinajstić information content (AvgIpc) is 3.47. The van der Waals surface area contributed by atoms with E-state index in [1.807, 2.05) is 7.05 Å². The number of carbonyl (C=O) groups is 2. The lowest BCUT2D eigenvalue weighted by Crippen LogP contribution is -2.57. The Kier molecular flexibility index (Phi) is 8.17. The molecular weight excluding hydrogens is 559 g/mol. The normalized spacial score (nSPS) is 18.9. The van der Waals surface area contributed by atoms with E-state index in [4.69, 9.17) is 11.6 Å². The Labute approximate surface area is 230 Å². The Morgan fingerprint density at radius 2 is 2.03 bits per heavy atom. The van der Waals surface area contributed by atoms with Crippen molar-refractivity contribution in [3.8, 4) is 0 Å². The Bertz CT molecular complexity index is 1440. The molecule has 5 rings (SSSR count). The van der Waals surface area contributed by atoms with Crippen molar-refractivity contribution in [2.24, 2.45) is 0 Å². The fourth-order valence-electron chi connectivity index (χ4n) is 4.70. The number of nitrogens with zero attached hydrogens (tertiary/aromatic N) is 4. The zero-order chi connectivity index (χ0) is 25.6. The SMILES string of the molecule is CNC(=O)CC1CN(S(=O)(=O)c2cc3cc(Cl)ccc3[nH]2)CCN1C(=O)c1nc2c(s1)CN(C)CC2.Cl. The van der Waals surface area contributed by atoms with Gasteiger partial charge in [0.05, 0.1) is 11.7 Å². The van der Waals surface area contributed by atoms with Gasteiger partial charge in [0.1, 0.15) is 5.03 Å². The molecule has 200 valence electrons. The number of thiazole rings is 1. The third kappa shape index (κ3) is 5.50. The Hall–Kier alpha value is -2.22. The van der Waals surface area contributed by atoms with Crippen LogP contribution in [-0.2, 0) is 27.8 Å². The van der Waals surface area contributed by atoms with Crippen LogP contribution < -0.4 is 5.32 Å². The average molecular weight is 588 g/mol. The van der Waals surface area contributed by atoms with E-state index in [1.54, 1.807) is 29.2 Å². The number of fused-ring (bicyclic) bond motifs is 2. The summed E-state index contributed by atoms with van der Waals surface area (Å²) < 4.78 is 28.3. The molecule has 1 fully saturated rings. The highest BCUT2D eigenvalue weighted by molar-refractivity contribution is 7.89. The number of benzene rings is 1. The standard InChI is InChI=1S/C23H27ClN6O4S2.ClH/c1-25-20(31)11-16-12-29(36(33,34)21-10-14-9-15(24)3-4-17(14)26-21)7-8-30(16)23(32)22-27-18-5-6-28(2)13-19(18)35-22;/h3-4,9-10,16,26H,5-8,11-13H2,1-2H3,(H,25,31);1H. The van der Waals surface area contributed by atoms with E-state index in [1.165, 1.54) is 22.7 Å². The van der Waals surface area contributed by atoms with E-state index in [9.17, 15) is 18.0 Å². The zero-order valence-corrected chi connectivity index (χ0v) is 23.6. The van der Waals surface area contributed by atoms with Crippen LogP contribution in [0.25, 0.3) is 10.9 Å². The van der Waals surface area contributed by atoms with Crippen LogP contribution in [0.15, 0.2) is 29.3 Å². The fourth-order valence-corrected chi connectivity index (χ4v) is 7.50. The van der Waals surface area contributed by atoms with E-state index >= 15 is 0 Å². The third-order valence-corrected chi connectivity index (χ3v) is 9.78. The Balaban J connectivity index is 0.00000320. The van der Waals surface area contributed by atoms with Gasteiger partial charge in [-0.15, -0.1) is 23.7 Å². The minimum Gasteiger partial charge on any atom is -0.359 e. The molecule has 0 bridgehead atoms. The molecule has 4 heterocycles. The molecule has 37 heavy (non-hydrogen) atoms. The van der Waals surface area contributed by atoms with Crippen LogP contribution in [-0.4, -0.2) is 90.6 Å². The largest absolute Gasteiger partial charge is 0.359 e. The summed E-state index contributed by atoms with van der Waals surface area (Å²) in [6, 6.07) is 6.05. The van der Waals surface area contributed by atoms with E-state index in [2.05, 4.69) is 20.2 Å². The zero-order valence-electron chi connectivity index (χ0n) is 20.4. The molecule has 0 aliphatic carbocycles. The summed E-state index contributed by atoms with van der Waals surface area (Å²) in [7, 11) is -0.334. The minimum atomic E-state index is -3.89. The van der Waals surface area contributed by atoms with E-state index < -0.39 is 16.1 Å². The van der Waals surface area contributed by atoms with E-state index in [0.717, 1.165) is 30.1 Å². The Morgan fingerprint density at radius 1 is 1.24 bits per heavy atom. The monoisotopic (exact) mass is 586 g/mol. The lowest BCUT2D eigenvalue weighted by molar-refractivity contribution is -0.121. The molecule has 3 aromatic rings. The number of piperazine rings is 1. The van der Waals surface area contributed by atoms with Crippen molar-refractivity contribution in [1.29, 1.82) is 0 Å². The van der Waals surface area contributed by atoms with Gasteiger partial charge in [0.2, 0.25) is 5.91 Å². The highest BCUT2D eigenvalue weighted by Gasteiger charge is 2.39. The number of H-pyrrole nitrogens is 1. The number of likely N-dealkylation sites (N-methyl/N-ethyl adjacent to an activating group) is 1. The predicted octanol–water partition coefficient (Wildman–Crippen LogP) is 2.34. The quantitative estimate of drug-likeness (QED) is 0.473. The first kappa shape index (κ1) is 27.8. The van der Waals surface area contributed by atoms with Gasteiger partial charge in [0.15, 0.2) is 5.01 Å². The van der Waals surface area contributed by atoms with Crippen LogP contribution in [0.2, 0.25) is 5.02 Å². The molecule has 1 aromatic carbocycles. The van der Waals surface area contributed by atoms with Gasteiger partial charge in [-0.2, -0.15) is 4.31 Å². The molecule has 2 amide bonds. The van der Waals surface area contributed by atoms with Crippen LogP contribution in [0.4, 0.5) is 0 Å². The van der Waals surface area contributed by atoms with Gasteiger partial charge < -0.3 is 20.1 Å². The highest BCUT2D eigenvalue weighted by atomic mass is 35.5. The maximum atomic E-state index is 13.5. The molecule has 0 spiro atoms. The summed E-state index contributed by atoms with van der Waals surface area (Å²) in [5.74, 6) is -0.527. The van der Waals surface area contributed by atoms with Gasteiger partial charge in [-0.1, -0.05) is 11.6 Å².